The molecule has 1 aromatic heterocycles. The number of hydrogen-bond donors (Lipinski definition) is 2. The summed E-state index contributed by atoms with van der Waals surface area (Å²) in [5, 5.41) is 10.8. The Hall–Kier alpha value is -2.35. The Bertz CT molecular complexity index is 692. The average molecular weight is 318 g/mol. The number of benzene rings is 1. The van der Waals surface area contributed by atoms with E-state index in [0.717, 1.165) is 0 Å². The van der Waals surface area contributed by atoms with Gasteiger partial charge in [-0.2, -0.15) is 13.2 Å². The summed E-state index contributed by atoms with van der Waals surface area (Å²) in [6.07, 6.45) is -4.66. The van der Waals surface area contributed by atoms with E-state index in [-0.39, 0.29) is 17.1 Å². The standard InChI is InChI=1S/C12H7ClF3N3O2/c13-11-18-8(12(14,15)16)5-9(19-11)17-7-3-1-2-6(4-7)10(20)21/h1-5H,(H,20,21)(H,17,18,19). The molecular formula is C12H7ClF3N3O2. The van der Waals surface area contributed by atoms with E-state index in [0.29, 0.717) is 6.07 Å². The summed E-state index contributed by atoms with van der Waals surface area (Å²) in [6.45, 7) is 0. The van der Waals surface area contributed by atoms with E-state index in [4.69, 9.17) is 16.7 Å². The number of alkyl halides is 3. The van der Waals surface area contributed by atoms with Crippen LogP contribution in [0.3, 0.4) is 0 Å². The first-order valence-electron chi connectivity index (χ1n) is 5.48. The van der Waals surface area contributed by atoms with Crippen molar-refractivity contribution in [3.63, 3.8) is 0 Å². The third-order valence-electron chi connectivity index (χ3n) is 2.37. The van der Waals surface area contributed by atoms with Gasteiger partial charge in [-0.1, -0.05) is 6.07 Å². The summed E-state index contributed by atoms with van der Waals surface area (Å²) in [5.74, 6) is -1.35. The Morgan fingerprint density at radius 3 is 2.57 bits per heavy atom. The minimum Gasteiger partial charge on any atom is -0.478 e. The number of aromatic nitrogens is 2. The van der Waals surface area contributed by atoms with Gasteiger partial charge in [0, 0.05) is 11.8 Å². The summed E-state index contributed by atoms with van der Waals surface area (Å²) >= 11 is 5.45. The molecule has 1 aromatic carbocycles. The fourth-order valence-corrected chi connectivity index (χ4v) is 1.69. The maximum atomic E-state index is 12.6. The van der Waals surface area contributed by atoms with Gasteiger partial charge in [-0.25, -0.2) is 14.8 Å². The lowest BCUT2D eigenvalue weighted by Gasteiger charge is -2.10. The van der Waals surface area contributed by atoms with Crippen LogP contribution in [0.2, 0.25) is 5.28 Å². The highest BCUT2D eigenvalue weighted by Crippen LogP contribution is 2.30. The zero-order valence-electron chi connectivity index (χ0n) is 10.1. The van der Waals surface area contributed by atoms with Crippen molar-refractivity contribution in [1.82, 2.24) is 9.97 Å². The van der Waals surface area contributed by atoms with Gasteiger partial charge in [-0.15, -0.1) is 0 Å². The number of anilines is 2. The normalized spacial score (nSPS) is 11.2. The quantitative estimate of drug-likeness (QED) is 0.846. The largest absolute Gasteiger partial charge is 0.478 e. The Morgan fingerprint density at radius 1 is 1.24 bits per heavy atom. The maximum absolute atomic E-state index is 12.6. The SMILES string of the molecule is O=C(O)c1cccc(Nc2cc(C(F)(F)F)nc(Cl)n2)c1. The van der Waals surface area contributed by atoms with Crippen LogP contribution in [0.25, 0.3) is 0 Å². The van der Waals surface area contributed by atoms with E-state index in [9.17, 15) is 18.0 Å². The Balaban J connectivity index is 2.33. The highest BCUT2D eigenvalue weighted by Gasteiger charge is 2.33. The van der Waals surface area contributed by atoms with E-state index in [2.05, 4.69) is 15.3 Å². The first kappa shape index (κ1) is 15.0. The molecule has 0 amide bonds. The molecule has 2 aromatic rings. The Labute approximate surface area is 121 Å². The third kappa shape index (κ3) is 3.82. The number of carboxylic acid groups (broad SMARTS) is 1. The molecule has 2 rings (SSSR count). The van der Waals surface area contributed by atoms with Crippen molar-refractivity contribution in [2.24, 2.45) is 0 Å². The number of nitrogens with one attached hydrogen (secondary N) is 1. The number of carbonyl (C=O) groups is 1. The molecule has 0 atom stereocenters. The minimum absolute atomic E-state index is 0.0174. The molecule has 5 nitrogen and oxygen atoms in total. The molecule has 0 aliphatic rings. The van der Waals surface area contributed by atoms with Gasteiger partial charge in [0.05, 0.1) is 5.56 Å². The van der Waals surface area contributed by atoms with Crippen molar-refractivity contribution in [2.45, 2.75) is 6.18 Å². The van der Waals surface area contributed by atoms with Crippen molar-refractivity contribution in [1.29, 1.82) is 0 Å². The van der Waals surface area contributed by atoms with Gasteiger partial charge in [-0.3, -0.25) is 0 Å². The molecule has 2 N–H and O–H groups in total. The number of rotatable bonds is 3. The minimum atomic E-state index is -4.66. The summed E-state index contributed by atoms with van der Waals surface area (Å²) in [6, 6.07) is 6.21. The van der Waals surface area contributed by atoms with Crippen LogP contribution in [0.5, 0.6) is 0 Å². The monoisotopic (exact) mass is 317 g/mol. The molecule has 0 radical (unpaired) electrons. The van der Waals surface area contributed by atoms with Crippen LogP contribution >= 0.6 is 11.6 Å². The van der Waals surface area contributed by atoms with Crippen LogP contribution in [0.15, 0.2) is 30.3 Å². The maximum Gasteiger partial charge on any atom is 0.433 e. The molecule has 9 heteroatoms. The van der Waals surface area contributed by atoms with Crippen LogP contribution in [0.1, 0.15) is 16.1 Å². The lowest BCUT2D eigenvalue weighted by Crippen LogP contribution is -2.10. The van der Waals surface area contributed by atoms with Gasteiger partial charge in [-0.05, 0) is 29.8 Å². The smallest absolute Gasteiger partial charge is 0.433 e. The molecule has 110 valence electrons. The number of nitrogens with zero attached hydrogens (tertiary/aromatic N) is 2. The van der Waals surface area contributed by atoms with E-state index < -0.39 is 23.1 Å². The lowest BCUT2D eigenvalue weighted by molar-refractivity contribution is -0.141. The van der Waals surface area contributed by atoms with Crippen molar-refractivity contribution in [2.75, 3.05) is 5.32 Å². The lowest BCUT2D eigenvalue weighted by atomic mass is 10.2. The van der Waals surface area contributed by atoms with Crippen LogP contribution in [0.4, 0.5) is 24.7 Å². The number of aromatic carboxylic acids is 1. The van der Waals surface area contributed by atoms with Crippen molar-refractivity contribution in [3.05, 3.63) is 46.9 Å². The predicted octanol–water partition coefficient (Wildman–Crippen LogP) is 3.59. The van der Waals surface area contributed by atoms with Gasteiger partial charge in [0.2, 0.25) is 5.28 Å². The van der Waals surface area contributed by atoms with Crippen LogP contribution in [-0.2, 0) is 6.18 Å². The van der Waals surface area contributed by atoms with E-state index >= 15 is 0 Å². The van der Waals surface area contributed by atoms with Gasteiger partial charge in [0.1, 0.15) is 5.82 Å². The summed E-state index contributed by atoms with van der Waals surface area (Å²) < 4.78 is 37.8. The molecule has 0 bridgehead atoms. The molecule has 0 aliphatic carbocycles. The molecule has 0 aliphatic heterocycles. The summed E-state index contributed by atoms with van der Waals surface area (Å²) in [4.78, 5) is 17.5. The van der Waals surface area contributed by atoms with E-state index in [1.807, 2.05) is 0 Å². The predicted molar refractivity (Wildman–Crippen MR) is 68.7 cm³/mol. The van der Waals surface area contributed by atoms with Gasteiger partial charge >= 0.3 is 12.1 Å². The number of halogens is 4. The van der Waals surface area contributed by atoms with E-state index in [1.165, 1.54) is 24.3 Å². The zero-order valence-corrected chi connectivity index (χ0v) is 10.9. The van der Waals surface area contributed by atoms with E-state index in [1.54, 1.807) is 0 Å². The van der Waals surface area contributed by atoms with Crippen LogP contribution in [0, 0.1) is 0 Å². The fourth-order valence-electron chi connectivity index (χ4n) is 1.50. The number of hydrogen-bond acceptors (Lipinski definition) is 4. The first-order chi connectivity index (χ1) is 9.75. The second-order valence-electron chi connectivity index (χ2n) is 3.92. The van der Waals surface area contributed by atoms with Crippen LogP contribution in [-0.4, -0.2) is 21.0 Å². The highest BCUT2D eigenvalue weighted by molar-refractivity contribution is 6.28. The molecule has 0 unspecified atom stereocenters. The highest BCUT2D eigenvalue weighted by atomic mass is 35.5. The van der Waals surface area contributed by atoms with Crippen LogP contribution < -0.4 is 5.32 Å². The van der Waals surface area contributed by atoms with Gasteiger partial charge < -0.3 is 10.4 Å². The second kappa shape index (κ2) is 5.57. The van der Waals surface area contributed by atoms with Gasteiger partial charge in [0.15, 0.2) is 5.69 Å². The van der Waals surface area contributed by atoms with Gasteiger partial charge in [0.25, 0.3) is 0 Å². The first-order valence-corrected chi connectivity index (χ1v) is 5.85. The second-order valence-corrected chi connectivity index (χ2v) is 4.25. The molecule has 0 saturated heterocycles. The Morgan fingerprint density at radius 2 is 1.95 bits per heavy atom. The summed E-state index contributed by atoms with van der Waals surface area (Å²) in [5.41, 5.74) is -0.951. The topological polar surface area (TPSA) is 75.1 Å². The molecule has 1 heterocycles. The Kier molecular flexibility index (Phi) is 3.99. The molecular weight excluding hydrogens is 311 g/mol. The molecule has 0 spiro atoms. The molecule has 0 saturated carbocycles. The molecule has 0 fully saturated rings. The zero-order chi connectivity index (χ0) is 15.6. The van der Waals surface area contributed by atoms with Crippen molar-refractivity contribution in [3.8, 4) is 0 Å². The van der Waals surface area contributed by atoms with Crippen molar-refractivity contribution < 1.29 is 23.1 Å². The summed E-state index contributed by atoms with van der Waals surface area (Å²) in [7, 11) is 0. The fraction of sp³-hybridized carbons (Fsp3) is 0.0833. The number of carboxylic acids is 1. The molecule has 21 heavy (non-hydrogen) atoms. The van der Waals surface area contributed by atoms with Crippen molar-refractivity contribution >= 4 is 29.1 Å². The average Bonchev–Trinajstić information content (AvgIpc) is 2.37. The third-order valence-corrected chi connectivity index (χ3v) is 2.54.